The fourth-order valence-corrected chi connectivity index (χ4v) is 3.56. The van der Waals surface area contributed by atoms with Crippen molar-refractivity contribution in [1.82, 2.24) is 10.2 Å². The number of carbonyl (C=O) groups excluding carboxylic acids is 2. The number of amides is 2. The van der Waals surface area contributed by atoms with Crippen molar-refractivity contribution in [2.45, 2.75) is 72.5 Å². The lowest BCUT2D eigenvalue weighted by Crippen LogP contribution is -2.51. The molecule has 0 aromatic heterocycles. The Labute approximate surface area is 185 Å². The van der Waals surface area contributed by atoms with Gasteiger partial charge in [0, 0.05) is 17.6 Å². The van der Waals surface area contributed by atoms with Gasteiger partial charge in [-0.25, -0.2) is 0 Å². The third-order valence-corrected chi connectivity index (χ3v) is 5.98. The van der Waals surface area contributed by atoms with Crippen LogP contribution in [0.2, 0.25) is 5.02 Å². The van der Waals surface area contributed by atoms with E-state index in [1.54, 1.807) is 4.90 Å². The molecule has 5 heteroatoms. The average molecular weight is 429 g/mol. The van der Waals surface area contributed by atoms with Crippen LogP contribution in [0.4, 0.5) is 0 Å². The monoisotopic (exact) mass is 428 g/mol. The highest BCUT2D eigenvalue weighted by atomic mass is 35.5. The predicted molar refractivity (Wildman–Crippen MR) is 124 cm³/mol. The van der Waals surface area contributed by atoms with Crippen molar-refractivity contribution >= 4 is 23.4 Å². The molecule has 2 aromatic rings. The van der Waals surface area contributed by atoms with Crippen LogP contribution in [0, 0.1) is 13.8 Å². The van der Waals surface area contributed by atoms with Gasteiger partial charge in [-0.2, -0.15) is 0 Å². The highest BCUT2D eigenvalue weighted by Crippen LogP contribution is 2.21. The molecule has 30 heavy (non-hydrogen) atoms. The van der Waals surface area contributed by atoms with Crippen LogP contribution >= 0.6 is 11.6 Å². The first-order valence-corrected chi connectivity index (χ1v) is 11.0. The highest BCUT2D eigenvalue weighted by Gasteiger charge is 2.29. The van der Waals surface area contributed by atoms with Crippen molar-refractivity contribution in [2.24, 2.45) is 0 Å². The van der Waals surface area contributed by atoms with E-state index >= 15 is 0 Å². The van der Waals surface area contributed by atoms with Crippen molar-refractivity contribution in [2.75, 3.05) is 0 Å². The van der Waals surface area contributed by atoms with Crippen molar-refractivity contribution in [3.8, 4) is 0 Å². The number of nitrogens with zero attached hydrogens (tertiary/aromatic N) is 1. The van der Waals surface area contributed by atoms with E-state index < -0.39 is 6.04 Å². The number of rotatable bonds is 9. The molecule has 4 nitrogen and oxygen atoms in total. The Morgan fingerprint density at radius 3 is 2.33 bits per heavy atom. The Hall–Kier alpha value is -2.33. The van der Waals surface area contributed by atoms with E-state index in [2.05, 4.69) is 12.2 Å². The van der Waals surface area contributed by atoms with Crippen LogP contribution in [0.1, 0.15) is 55.9 Å². The second kappa shape index (κ2) is 11.2. The van der Waals surface area contributed by atoms with E-state index in [4.69, 9.17) is 11.6 Å². The normalized spacial score (nSPS) is 12.9. The minimum Gasteiger partial charge on any atom is -0.352 e. The van der Waals surface area contributed by atoms with Crippen molar-refractivity contribution in [3.63, 3.8) is 0 Å². The molecule has 0 saturated carbocycles. The lowest BCUT2D eigenvalue weighted by atomic mass is 10.0. The molecule has 0 aliphatic heterocycles. The van der Waals surface area contributed by atoms with Gasteiger partial charge in [0.15, 0.2) is 0 Å². The Bertz CT molecular complexity index is 881. The third kappa shape index (κ3) is 6.33. The zero-order chi connectivity index (χ0) is 22.3. The van der Waals surface area contributed by atoms with E-state index in [-0.39, 0.29) is 24.3 Å². The standard InChI is InChI=1S/C25H33ClN2O2/c1-6-19(5)27-25(30)23(7-2)28(16-21-10-8-9-11-22(21)26)24(29)15-20-13-12-17(3)18(4)14-20/h8-14,19,23H,6-7,15-16H2,1-5H3,(H,27,30)/t19-,23-/m1/s1. The van der Waals surface area contributed by atoms with Gasteiger partial charge in [0.25, 0.3) is 0 Å². The molecular weight excluding hydrogens is 396 g/mol. The van der Waals surface area contributed by atoms with Crippen LogP contribution in [-0.2, 0) is 22.6 Å². The summed E-state index contributed by atoms with van der Waals surface area (Å²) in [4.78, 5) is 28.0. The summed E-state index contributed by atoms with van der Waals surface area (Å²) < 4.78 is 0. The maximum Gasteiger partial charge on any atom is 0.243 e. The van der Waals surface area contributed by atoms with Gasteiger partial charge in [-0.3, -0.25) is 9.59 Å². The SMILES string of the molecule is CC[C@@H](C)NC(=O)[C@@H](CC)N(Cc1ccccc1Cl)C(=O)Cc1ccc(C)c(C)c1. The van der Waals surface area contributed by atoms with Crippen molar-refractivity contribution < 1.29 is 9.59 Å². The zero-order valence-electron chi connectivity index (χ0n) is 18.7. The number of hydrogen-bond acceptors (Lipinski definition) is 2. The first-order chi connectivity index (χ1) is 14.3. The minimum absolute atomic E-state index is 0.0589. The van der Waals surface area contributed by atoms with Crippen LogP contribution in [0.5, 0.6) is 0 Å². The molecule has 162 valence electrons. The summed E-state index contributed by atoms with van der Waals surface area (Å²) >= 11 is 6.37. The quantitative estimate of drug-likeness (QED) is 0.595. The molecule has 0 saturated heterocycles. The summed E-state index contributed by atoms with van der Waals surface area (Å²) in [5, 5.41) is 3.63. The van der Waals surface area contributed by atoms with Crippen molar-refractivity contribution in [1.29, 1.82) is 0 Å². The second-order valence-corrected chi connectivity index (χ2v) is 8.36. The number of aryl methyl sites for hydroxylation is 2. The van der Waals surface area contributed by atoms with E-state index in [9.17, 15) is 9.59 Å². The fraction of sp³-hybridized carbons (Fsp3) is 0.440. The molecule has 0 fully saturated rings. The summed E-state index contributed by atoms with van der Waals surface area (Å²) in [6.45, 7) is 10.3. The van der Waals surface area contributed by atoms with Crippen LogP contribution in [-0.4, -0.2) is 28.8 Å². The maximum atomic E-state index is 13.4. The van der Waals surface area contributed by atoms with E-state index in [0.717, 1.165) is 23.1 Å². The van der Waals surface area contributed by atoms with E-state index in [1.807, 2.05) is 70.2 Å². The minimum atomic E-state index is -0.547. The molecule has 0 aliphatic carbocycles. The largest absolute Gasteiger partial charge is 0.352 e. The first-order valence-electron chi connectivity index (χ1n) is 10.7. The molecule has 0 unspecified atom stereocenters. The topological polar surface area (TPSA) is 49.4 Å². The van der Waals surface area contributed by atoms with Crippen LogP contribution in [0.15, 0.2) is 42.5 Å². The Kier molecular flexibility index (Phi) is 8.91. The number of nitrogens with one attached hydrogen (secondary N) is 1. The van der Waals surface area contributed by atoms with Crippen LogP contribution < -0.4 is 5.32 Å². The third-order valence-electron chi connectivity index (χ3n) is 5.61. The molecule has 0 aliphatic rings. The molecule has 2 atom stereocenters. The molecule has 0 radical (unpaired) electrons. The molecule has 2 rings (SSSR count). The Balaban J connectivity index is 2.33. The van der Waals surface area contributed by atoms with Gasteiger partial charge in [0.1, 0.15) is 6.04 Å². The van der Waals surface area contributed by atoms with Gasteiger partial charge in [0.2, 0.25) is 11.8 Å². The summed E-state index contributed by atoms with van der Waals surface area (Å²) in [7, 11) is 0. The van der Waals surface area contributed by atoms with Gasteiger partial charge in [0.05, 0.1) is 6.42 Å². The van der Waals surface area contributed by atoms with Gasteiger partial charge < -0.3 is 10.2 Å². The number of hydrogen-bond donors (Lipinski definition) is 1. The summed E-state index contributed by atoms with van der Waals surface area (Å²) in [6, 6.07) is 13.0. The lowest BCUT2D eigenvalue weighted by Gasteiger charge is -2.32. The molecular formula is C25H33ClN2O2. The van der Waals surface area contributed by atoms with Gasteiger partial charge in [-0.05, 0) is 61.9 Å². The van der Waals surface area contributed by atoms with E-state index in [1.165, 1.54) is 5.56 Å². The molecule has 2 aromatic carbocycles. The zero-order valence-corrected chi connectivity index (χ0v) is 19.4. The van der Waals surface area contributed by atoms with Gasteiger partial charge in [-0.1, -0.05) is 61.8 Å². The first kappa shape index (κ1) is 23.9. The molecule has 1 N–H and O–H groups in total. The van der Waals surface area contributed by atoms with Gasteiger partial charge in [-0.15, -0.1) is 0 Å². The number of halogens is 1. The lowest BCUT2D eigenvalue weighted by molar-refractivity contribution is -0.141. The molecule has 0 bridgehead atoms. The summed E-state index contributed by atoms with van der Waals surface area (Å²) in [6.07, 6.45) is 1.62. The second-order valence-electron chi connectivity index (χ2n) is 7.95. The van der Waals surface area contributed by atoms with Crippen molar-refractivity contribution in [3.05, 3.63) is 69.7 Å². The van der Waals surface area contributed by atoms with Crippen LogP contribution in [0.25, 0.3) is 0 Å². The molecule has 0 heterocycles. The average Bonchev–Trinajstić information content (AvgIpc) is 2.71. The maximum absolute atomic E-state index is 13.4. The Morgan fingerprint density at radius 1 is 1.03 bits per heavy atom. The van der Waals surface area contributed by atoms with E-state index in [0.29, 0.717) is 18.0 Å². The Morgan fingerprint density at radius 2 is 1.73 bits per heavy atom. The summed E-state index contributed by atoms with van der Waals surface area (Å²) in [5.41, 5.74) is 4.13. The van der Waals surface area contributed by atoms with Crippen LogP contribution in [0.3, 0.4) is 0 Å². The summed E-state index contributed by atoms with van der Waals surface area (Å²) in [5.74, 6) is -0.198. The fourth-order valence-electron chi connectivity index (χ4n) is 3.36. The molecule has 0 spiro atoms. The number of benzene rings is 2. The smallest absolute Gasteiger partial charge is 0.243 e. The number of carbonyl (C=O) groups is 2. The predicted octanol–water partition coefficient (Wildman–Crippen LogP) is 5.22. The molecule has 2 amide bonds. The van der Waals surface area contributed by atoms with Gasteiger partial charge >= 0.3 is 0 Å². The highest BCUT2D eigenvalue weighted by molar-refractivity contribution is 6.31.